The summed E-state index contributed by atoms with van der Waals surface area (Å²) in [7, 11) is -3.59. The molecule has 6 nitrogen and oxygen atoms in total. The summed E-state index contributed by atoms with van der Waals surface area (Å²) < 4.78 is 55.1. The summed E-state index contributed by atoms with van der Waals surface area (Å²) in [5.74, 6) is -1.53. The largest absolute Gasteiger partial charge is 0.352 e. The number of carbonyl (C=O) groups is 1. The van der Waals surface area contributed by atoms with Gasteiger partial charge in [-0.2, -0.15) is 4.31 Å². The fourth-order valence-corrected chi connectivity index (χ4v) is 5.59. The van der Waals surface area contributed by atoms with Gasteiger partial charge in [0.1, 0.15) is 11.6 Å². The molecule has 2 aromatic carbocycles. The van der Waals surface area contributed by atoms with E-state index < -0.39 is 27.7 Å². The van der Waals surface area contributed by atoms with Gasteiger partial charge in [-0.15, -0.1) is 0 Å². The highest BCUT2D eigenvalue weighted by molar-refractivity contribution is 7.89. The molecule has 9 heteroatoms. The Kier molecular flexibility index (Phi) is 7.63. The van der Waals surface area contributed by atoms with Gasteiger partial charge in [0.15, 0.2) is 0 Å². The fraction of sp³-hybridized carbons (Fsp3) is 0.435. The van der Waals surface area contributed by atoms with Crippen molar-refractivity contribution in [1.29, 1.82) is 0 Å². The number of nitrogens with one attached hydrogen (secondary N) is 1. The lowest BCUT2D eigenvalue weighted by atomic mass is 10.1. The van der Waals surface area contributed by atoms with Crippen molar-refractivity contribution in [2.75, 3.05) is 32.7 Å². The summed E-state index contributed by atoms with van der Waals surface area (Å²) in [6.07, 6.45) is 0.0477. The Labute approximate surface area is 188 Å². The number of rotatable bonds is 7. The maximum atomic E-state index is 13.8. The van der Waals surface area contributed by atoms with Crippen LogP contribution in [-0.4, -0.2) is 62.3 Å². The van der Waals surface area contributed by atoms with Crippen molar-refractivity contribution in [1.82, 2.24) is 14.5 Å². The standard InChI is InChI=1S/C23H29F2N3O3S/c1-16-7-8-17(2)22(13-16)32(30,31)28-11-9-27(10-12-28)15-23(29)26-18(3)14-19-20(24)5-4-6-21(19)25/h4-8,13,18H,9-12,14-15H2,1-3H3,(H,26,29). The Balaban J connectivity index is 1.52. The molecule has 0 aliphatic carbocycles. The summed E-state index contributed by atoms with van der Waals surface area (Å²) in [6.45, 7) is 6.86. The van der Waals surface area contributed by atoms with E-state index in [2.05, 4.69) is 5.32 Å². The highest BCUT2D eigenvalue weighted by atomic mass is 32.2. The van der Waals surface area contributed by atoms with Crippen LogP contribution in [0.1, 0.15) is 23.6 Å². The molecule has 1 amide bonds. The van der Waals surface area contributed by atoms with E-state index in [-0.39, 0.29) is 24.4 Å². The Hall–Kier alpha value is -2.36. The number of carbonyl (C=O) groups excluding carboxylic acids is 1. The van der Waals surface area contributed by atoms with E-state index in [9.17, 15) is 22.0 Å². The van der Waals surface area contributed by atoms with Gasteiger partial charge < -0.3 is 5.32 Å². The molecule has 0 saturated carbocycles. The van der Waals surface area contributed by atoms with Gasteiger partial charge in [0.2, 0.25) is 15.9 Å². The van der Waals surface area contributed by atoms with E-state index in [1.165, 1.54) is 22.5 Å². The molecule has 174 valence electrons. The lowest BCUT2D eigenvalue weighted by Gasteiger charge is -2.34. The molecule has 1 atom stereocenters. The molecule has 1 aliphatic heterocycles. The zero-order valence-corrected chi connectivity index (χ0v) is 19.4. The number of piperazine rings is 1. The first-order chi connectivity index (χ1) is 15.1. The first-order valence-corrected chi connectivity index (χ1v) is 12.0. The molecule has 0 spiro atoms. The van der Waals surface area contributed by atoms with Crippen LogP contribution in [0.2, 0.25) is 0 Å². The van der Waals surface area contributed by atoms with Crippen molar-refractivity contribution in [2.24, 2.45) is 0 Å². The minimum Gasteiger partial charge on any atom is -0.352 e. The lowest BCUT2D eigenvalue weighted by Crippen LogP contribution is -2.51. The second kappa shape index (κ2) is 10.1. The highest BCUT2D eigenvalue weighted by Crippen LogP contribution is 2.22. The van der Waals surface area contributed by atoms with Crippen LogP contribution < -0.4 is 5.32 Å². The van der Waals surface area contributed by atoms with Crippen LogP contribution >= 0.6 is 0 Å². The van der Waals surface area contributed by atoms with Crippen LogP contribution in [0, 0.1) is 25.5 Å². The predicted molar refractivity (Wildman–Crippen MR) is 119 cm³/mol. The van der Waals surface area contributed by atoms with E-state index >= 15 is 0 Å². The number of benzene rings is 2. The average molecular weight is 466 g/mol. The highest BCUT2D eigenvalue weighted by Gasteiger charge is 2.30. The number of halogens is 2. The number of hydrogen-bond acceptors (Lipinski definition) is 4. The van der Waals surface area contributed by atoms with Crippen molar-refractivity contribution in [3.8, 4) is 0 Å². The van der Waals surface area contributed by atoms with E-state index in [1.54, 1.807) is 26.0 Å². The van der Waals surface area contributed by atoms with Gasteiger partial charge in [0.25, 0.3) is 0 Å². The minimum atomic E-state index is -3.59. The normalized spacial score (nSPS) is 16.7. The molecular formula is C23H29F2N3O3S. The van der Waals surface area contributed by atoms with E-state index in [0.717, 1.165) is 5.56 Å². The maximum Gasteiger partial charge on any atom is 0.243 e. The van der Waals surface area contributed by atoms with Gasteiger partial charge in [-0.1, -0.05) is 18.2 Å². The zero-order chi connectivity index (χ0) is 23.5. The van der Waals surface area contributed by atoms with E-state index in [1.807, 2.05) is 17.9 Å². The molecule has 3 rings (SSSR count). The Morgan fingerprint density at radius 1 is 1.06 bits per heavy atom. The van der Waals surface area contributed by atoms with Crippen molar-refractivity contribution >= 4 is 15.9 Å². The Morgan fingerprint density at radius 3 is 2.31 bits per heavy atom. The van der Waals surface area contributed by atoms with E-state index in [0.29, 0.717) is 36.6 Å². The number of sulfonamides is 1. The first kappa shape index (κ1) is 24.3. The molecule has 0 radical (unpaired) electrons. The third kappa shape index (κ3) is 5.70. The number of aryl methyl sites for hydroxylation is 2. The Morgan fingerprint density at radius 2 is 1.69 bits per heavy atom. The molecule has 1 saturated heterocycles. The van der Waals surface area contributed by atoms with E-state index in [4.69, 9.17) is 0 Å². The fourth-order valence-electron chi connectivity index (χ4n) is 3.86. The minimum absolute atomic E-state index is 0.0477. The van der Waals surface area contributed by atoms with Crippen molar-refractivity contribution in [2.45, 2.75) is 38.1 Å². The van der Waals surface area contributed by atoms with Gasteiger partial charge in [-0.3, -0.25) is 9.69 Å². The molecule has 1 N–H and O–H groups in total. The second-order valence-corrected chi connectivity index (χ2v) is 10.2. The molecule has 1 heterocycles. The van der Waals surface area contributed by atoms with Gasteiger partial charge in [0, 0.05) is 37.8 Å². The molecular weight excluding hydrogens is 436 g/mol. The Bertz CT molecular complexity index is 1060. The van der Waals surface area contributed by atoms with Crippen LogP contribution in [0.5, 0.6) is 0 Å². The quantitative estimate of drug-likeness (QED) is 0.683. The third-order valence-electron chi connectivity index (χ3n) is 5.64. The topological polar surface area (TPSA) is 69.7 Å². The lowest BCUT2D eigenvalue weighted by molar-refractivity contribution is -0.123. The summed E-state index contributed by atoms with van der Waals surface area (Å²) >= 11 is 0. The number of nitrogens with zero attached hydrogens (tertiary/aromatic N) is 2. The monoisotopic (exact) mass is 465 g/mol. The average Bonchev–Trinajstić information content (AvgIpc) is 2.73. The molecule has 1 aliphatic rings. The molecule has 0 bridgehead atoms. The molecule has 1 unspecified atom stereocenters. The van der Waals surface area contributed by atoms with Gasteiger partial charge in [0.05, 0.1) is 11.4 Å². The van der Waals surface area contributed by atoms with Gasteiger partial charge in [-0.25, -0.2) is 17.2 Å². The van der Waals surface area contributed by atoms with Gasteiger partial charge >= 0.3 is 0 Å². The summed E-state index contributed by atoms with van der Waals surface area (Å²) in [6, 6.07) is 8.61. The summed E-state index contributed by atoms with van der Waals surface area (Å²) in [4.78, 5) is 14.6. The van der Waals surface area contributed by atoms with Gasteiger partial charge in [-0.05, 0) is 56.5 Å². The molecule has 0 aromatic heterocycles. The molecule has 32 heavy (non-hydrogen) atoms. The zero-order valence-electron chi connectivity index (χ0n) is 18.6. The smallest absolute Gasteiger partial charge is 0.243 e. The van der Waals surface area contributed by atoms with Crippen LogP contribution in [0.3, 0.4) is 0 Å². The molecule has 1 fully saturated rings. The number of hydrogen-bond donors (Lipinski definition) is 1. The van der Waals surface area contributed by atoms with Crippen LogP contribution in [0.4, 0.5) is 8.78 Å². The van der Waals surface area contributed by atoms with Crippen molar-refractivity contribution < 1.29 is 22.0 Å². The first-order valence-electron chi connectivity index (χ1n) is 10.6. The third-order valence-corrected chi connectivity index (χ3v) is 7.68. The predicted octanol–water partition coefficient (Wildman–Crippen LogP) is 2.64. The van der Waals surface area contributed by atoms with Crippen LogP contribution in [-0.2, 0) is 21.2 Å². The van der Waals surface area contributed by atoms with Crippen molar-refractivity contribution in [3.63, 3.8) is 0 Å². The maximum absolute atomic E-state index is 13.8. The number of amides is 1. The second-order valence-electron chi connectivity index (χ2n) is 8.32. The summed E-state index contributed by atoms with van der Waals surface area (Å²) in [5.41, 5.74) is 1.54. The molecule has 2 aromatic rings. The summed E-state index contributed by atoms with van der Waals surface area (Å²) in [5, 5.41) is 2.77. The van der Waals surface area contributed by atoms with Crippen molar-refractivity contribution in [3.05, 3.63) is 64.7 Å². The SMILES string of the molecule is Cc1ccc(C)c(S(=O)(=O)N2CCN(CC(=O)NC(C)Cc3c(F)cccc3F)CC2)c1. The van der Waals surface area contributed by atoms with Crippen LogP contribution in [0.15, 0.2) is 41.3 Å². The van der Waals surface area contributed by atoms with Crippen LogP contribution in [0.25, 0.3) is 0 Å².